The van der Waals surface area contributed by atoms with Crippen LogP contribution in [0.15, 0.2) is 0 Å². The van der Waals surface area contributed by atoms with Gasteiger partial charge in [-0.2, -0.15) is 0 Å². The second-order valence-electron chi connectivity index (χ2n) is 5.50. The number of amides is 1. The molecular weight excluding hydrogens is 248 g/mol. The molecule has 2 aliphatic rings. The first kappa shape index (κ1) is 13.7. The van der Waals surface area contributed by atoms with Gasteiger partial charge in [0.05, 0.1) is 17.0 Å². The molecule has 0 aromatic carbocycles. The molecule has 0 aromatic rings. The molecule has 0 radical (unpaired) electrons. The van der Waals surface area contributed by atoms with E-state index >= 15 is 0 Å². The molecule has 1 amide bonds. The van der Waals surface area contributed by atoms with Crippen molar-refractivity contribution >= 4 is 23.1 Å². The molecule has 0 aromatic heterocycles. The van der Waals surface area contributed by atoms with Crippen molar-refractivity contribution in [3.8, 4) is 0 Å². The Hall–Kier alpha value is -0.680. The van der Waals surface area contributed by atoms with Crippen LogP contribution in [0.4, 0.5) is 0 Å². The van der Waals surface area contributed by atoms with E-state index in [9.17, 15) is 4.79 Å². The van der Waals surface area contributed by atoms with E-state index in [2.05, 4.69) is 0 Å². The van der Waals surface area contributed by atoms with Crippen LogP contribution in [0.3, 0.4) is 0 Å². The summed E-state index contributed by atoms with van der Waals surface area (Å²) >= 11 is 5.04. The largest absolute Gasteiger partial charge is 0.393 e. The molecule has 2 N–H and O–H groups in total. The SMILES string of the molecule is COC1(CC(=O)N2CCCC(C(N)=S)C2)CCC1. The Balaban J connectivity index is 1.90. The predicted octanol–water partition coefficient (Wildman–Crippen LogP) is 1.47. The Kier molecular flexibility index (Phi) is 4.22. The Labute approximate surface area is 114 Å². The Morgan fingerprint density at radius 3 is 2.72 bits per heavy atom. The summed E-state index contributed by atoms with van der Waals surface area (Å²) in [4.78, 5) is 14.7. The molecule has 0 spiro atoms. The monoisotopic (exact) mass is 270 g/mol. The number of nitrogens with two attached hydrogens (primary N) is 1. The van der Waals surface area contributed by atoms with Gasteiger partial charge >= 0.3 is 0 Å². The van der Waals surface area contributed by atoms with E-state index in [1.807, 2.05) is 4.90 Å². The van der Waals surface area contributed by atoms with E-state index in [-0.39, 0.29) is 17.4 Å². The van der Waals surface area contributed by atoms with Gasteiger partial charge in [-0.05, 0) is 32.1 Å². The van der Waals surface area contributed by atoms with Gasteiger partial charge in [-0.25, -0.2) is 0 Å². The van der Waals surface area contributed by atoms with Crippen LogP contribution in [0.2, 0.25) is 0 Å². The zero-order valence-electron chi connectivity index (χ0n) is 11.0. The average molecular weight is 270 g/mol. The lowest BCUT2D eigenvalue weighted by Crippen LogP contribution is -2.48. The maximum atomic E-state index is 12.3. The molecule has 102 valence electrons. The lowest BCUT2D eigenvalue weighted by Gasteiger charge is -2.42. The van der Waals surface area contributed by atoms with E-state index in [0.29, 0.717) is 18.0 Å². The fraction of sp³-hybridized carbons (Fsp3) is 0.846. The number of carbonyl (C=O) groups excluding carboxylic acids is 1. The van der Waals surface area contributed by atoms with E-state index in [1.165, 1.54) is 0 Å². The van der Waals surface area contributed by atoms with Crippen molar-refractivity contribution in [2.75, 3.05) is 20.2 Å². The molecule has 0 bridgehead atoms. The van der Waals surface area contributed by atoms with Gasteiger partial charge in [0.1, 0.15) is 0 Å². The van der Waals surface area contributed by atoms with Crippen molar-refractivity contribution in [3.63, 3.8) is 0 Å². The molecule has 18 heavy (non-hydrogen) atoms. The number of thiocarbonyl (C=S) groups is 1. The second kappa shape index (κ2) is 5.53. The van der Waals surface area contributed by atoms with Crippen LogP contribution in [-0.2, 0) is 9.53 Å². The van der Waals surface area contributed by atoms with E-state index in [0.717, 1.165) is 38.6 Å². The van der Waals surface area contributed by atoms with Gasteiger partial charge in [0.25, 0.3) is 0 Å². The van der Waals surface area contributed by atoms with Crippen LogP contribution >= 0.6 is 12.2 Å². The van der Waals surface area contributed by atoms with Gasteiger partial charge in [-0.15, -0.1) is 0 Å². The normalized spacial score (nSPS) is 26.5. The summed E-state index contributed by atoms with van der Waals surface area (Å²) < 4.78 is 5.51. The van der Waals surface area contributed by atoms with Crippen LogP contribution in [0.1, 0.15) is 38.5 Å². The maximum Gasteiger partial charge on any atom is 0.225 e. The molecule has 1 saturated heterocycles. The number of hydrogen-bond donors (Lipinski definition) is 1. The van der Waals surface area contributed by atoms with Gasteiger partial charge in [-0.1, -0.05) is 12.2 Å². The first-order valence-corrected chi connectivity index (χ1v) is 7.09. The smallest absolute Gasteiger partial charge is 0.225 e. The molecule has 4 nitrogen and oxygen atoms in total. The minimum absolute atomic E-state index is 0.187. The first-order valence-electron chi connectivity index (χ1n) is 6.68. The van der Waals surface area contributed by atoms with Crippen molar-refractivity contribution < 1.29 is 9.53 Å². The maximum absolute atomic E-state index is 12.3. The standard InChI is InChI=1S/C13H22N2O2S/c1-17-13(5-3-6-13)8-11(16)15-7-2-4-10(9-15)12(14)18/h10H,2-9H2,1H3,(H2,14,18). The summed E-state index contributed by atoms with van der Waals surface area (Å²) in [6.45, 7) is 1.52. The molecule has 2 rings (SSSR count). The number of rotatable bonds is 4. The van der Waals surface area contributed by atoms with Gasteiger partial charge in [0, 0.05) is 26.1 Å². The number of hydrogen-bond acceptors (Lipinski definition) is 3. The summed E-state index contributed by atoms with van der Waals surface area (Å²) in [5, 5.41) is 0. The van der Waals surface area contributed by atoms with Crippen LogP contribution in [0.25, 0.3) is 0 Å². The summed E-state index contributed by atoms with van der Waals surface area (Å²) in [5.74, 6) is 0.384. The average Bonchev–Trinajstić information content (AvgIpc) is 2.33. The van der Waals surface area contributed by atoms with Gasteiger partial charge < -0.3 is 15.4 Å². The fourth-order valence-electron chi connectivity index (χ4n) is 2.85. The van der Waals surface area contributed by atoms with E-state index in [4.69, 9.17) is 22.7 Å². The molecule has 1 aliphatic heterocycles. The van der Waals surface area contributed by atoms with E-state index in [1.54, 1.807) is 7.11 Å². The van der Waals surface area contributed by atoms with Crippen LogP contribution in [0.5, 0.6) is 0 Å². The molecule has 5 heteroatoms. The Bertz CT molecular complexity index is 336. The Morgan fingerprint density at radius 2 is 2.22 bits per heavy atom. The quantitative estimate of drug-likeness (QED) is 0.786. The lowest BCUT2D eigenvalue weighted by atomic mass is 9.77. The highest BCUT2D eigenvalue weighted by Crippen LogP contribution is 2.38. The minimum Gasteiger partial charge on any atom is -0.393 e. The summed E-state index contributed by atoms with van der Waals surface area (Å²) in [7, 11) is 1.71. The molecule has 1 heterocycles. The van der Waals surface area contributed by atoms with E-state index < -0.39 is 0 Å². The van der Waals surface area contributed by atoms with Gasteiger partial charge in [0.15, 0.2) is 0 Å². The van der Waals surface area contributed by atoms with Crippen molar-refractivity contribution in [1.29, 1.82) is 0 Å². The summed E-state index contributed by atoms with van der Waals surface area (Å²) in [6, 6.07) is 0. The summed E-state index contributed by atoms with van der Waals surface area (Å²) in [6.07, 6.45) is 5.68. The number of methoxy groups -OCH3 is 1. The van der Waals surface area contributed by atoms with Gasteiger partial charge in [-0.3, -0.25) is 4.79 Å². The molecule has 1 atom stereocenters. The fourth-order valence-corrected chi connectivity index (χ4v) is 3.04. The van der Waals surface area contributed by atoms with Crippen molar-refractivity contribution in [2.24, 2.45) is 11.7 Å². The molecule has 2 fully saturated rings. The highest BCUT2D eigenvalue weighted by atomic mass is 32.1. The third-order valence-electron chi connectivity index (χ3n) is 4.35. The van der Waals surface area contributed by atoms with Crippen molar-refractivity contribution in [1.82, 2.24) is 4.90 Å². The second-order valence-corrected chi connectivity index (χ2v) is 5.97. The first-order chi connectivity index (χ1) is 8.56. The highest BCUT2D eigenvalue weighted by Gasteiger charge is 2.40. The number of likely N-dealkylation sites (tertiary alicyclic amines) is 1. The van der Waals surface area contributed by atoms with Crippen molar-refractivity contribution in [2.45, 2.75) is 44.1 Å². The topological polar surface area (TPSA) is 55.6 Å². The third-order valence-corrected chi connectivity index (χ3v) is 4.68. The van der Waals surface area contributed by atoms with Crippen LogP contribution in [0, 0.1) is 5.92 Å². The molecule has 1 unspecified atom stereocenters. The minimum atomic E-state index is -0.187. The van der Waals surface area contributed by atoms with Crippen LogP contribution < -0.4 is 5.73 Å². The zero-order chi connectivity index (χ0) is 13.2. The number of ether oxygens (including phenoxy) is 1. The number of carbonyl (C=O) groups is 1. The Morgan fingerprint density at radius 1 is 1.50 bits per heavy atom. The number of nitrogens with zero attached hydrogens (tertiary/aromatic N) is 1. The predicted molar refractivity (Wildman–Crippen MR) is 74.3 cm³/mol. The van der Waals surface area contributed by atoms with Crippen molar-refractivity contribution in [3.05, 3.63) is 0 Å². The van der Waals surface area contributed by atoms with Crippen LogP contribution in [-0.4, -0.2) is 41.6 Å². The van der Waals surface area contributed by atoms with Gasteiger partial charge in [0.2, 0.25) is 5.91 Å². The summed E-state index contributed by atoms with van der Waals surface area (Å²) in [5.41, 5.74) is 5.50. The highest BCUT2D eigenvalue weighted by molar-refractivity contribution is 7.80. The molecule has 1 saturated carbocycles. The number of piperidine rings is 1. The third kappa shape index (κ3) is 2.83. The molecule has 1 aliphatic carbocycles. The lowest BCUT2D eigenvalue weighted by molar-refractivity contribution is -0.145. The molecular formula is C13H22N2O2S. The zero-order valence-corrected chi connectivity index (χ0v) is 11.8.